The number of ether oxygens (including phenoxy) is 1. The number of non-ortho nitro benzene ring substituents is 1. The van der Waals surface area contributed by atoms with E-state index in [1.54, 1.807) is 12.1 Å². The van der Waals surface area contributed by atoms with Gasteiger partial charge in [-0.25, -0.2) is 9.78 Å². The number of rotatable bonds is 5. The van der Waals surface area contributed by atoms with E-state index in [2.05, 4.69) is 14.8 Å². The third-order valence-corrected chi connectivity index (χ3v) is 2.68. The Kier molecular flexibility index (Phi) is 4.04. The first kappa shape index (κ1) is 13.7. The van der Waals surface area contributed by atoms with Crippen molar-refractivity contribution in [3.63, 3.8) is 0 Å². The predicted molar refractivity (Wildman–Crippen MR) is 68.2 cm³/mol. The molecular weight excluding hydrogens is 264 g/mol. The maximum atomic E-state index is 11.2. The van der Waals surface area contributed by atoms with Crippen molar-refractivity contribution in [2.45, 2.75) is 13.0 Å². The van der Waals surface area contributed by atoms with Crippen molar-refractivity contribution in [2.75, 3.05) is 7.11 Å². The fourth-order valence-electron chi connectivity index (χ4n) is 1.62. The number of nitrogens with zero attached hydrogens (tertiary/aromatic N) is 4. The molecule has 0 amide bonds. The summed E-state index contributed by atoms with van der Waals surface area (Å²) in [6.07, 6.45) is 2.07. The molecule has 0 saturated carbocycles. The first-order valence-electron chi connectivity index (χ1n) is 5.81. The number of hydrogen-bond donors (Lipinski definition) is 0. The van der Waals surface area contributed by atoms with Crippen molar-refractivity contribution in [2.24, 2.45) is 0 Å². The summed E-state index contributed by atoms with van der Waals surface area (Å²) < 4.78 is 6.03. The van der Waals surface area contributed by atoms with Crippen LogP contribution in [0.1, 0.15) is 16.2 Å². The molecule has 0 unspecified atom stereocenters. The van der Waals surface area contributed by atoms with Crippen LogP contribution < -0.4 is 0 Å². The average molecular weight is 276 g/mol. The van der Waals surface area contributed by atoms with Crippen LogP contribution in [-0.4, -0.2) is 32.8 Å². The minimum Gasteiger partial charge on any atom is -0.463 e. The van der Waals surface area contributed by atoms with Gasteiger partial charge in [-0.2, -0.15) is 0 Å². The normalized spacial score (nSPS) is 10.2. The molecule has 0 spiro atoms. The lowest BCUT2D eigenvalue weighted by molar-refractivity contribution is -0.384. The molecule has 0 saturated heterocycles. The Morgan fingerprint density at radius 3 is 2.70 bits per heavy atom. The fraction of sp³-hybridized carbons (Fsp3) is 0.250. The molecule has 2 rings (SSSR count). The zero-order valence-corrected chi connectivity index (χ0v) is 10.7. The number of benzene rings is 1. The standard InChI is InChI=1S/C12H12N4O4/c1-20-12(17)11-13-8-15(14-11)7-6-9-2-4-10(5-3-9)16(18)19/h2-5,8H,6-7H2,1H3. The number of methoxy groups -OCH3 is 1. The Balaban J connectivity index is 1.96. The Bertz CT molecular complexity index is 621. The number of nitro benzene ring substituents is 1. The van der Waals surface area contributed by atoms with E-state index in [1.807, 2.05) is 0 Å². The zero-order chi connectivity index (χ0) is 14.5. The molecule has 0 aliphatic carbocycles. The van der Waals surface area contributed by atoms with E-state index in [0.29, 0.717) is 13.0 Å². The first-order chi connectivity index (χ1) is 9.60. The van der Waals surface area contributed by atoms with Crippen molar-refractivity contribution in [3.05, 3.63) is 52.1 Å². The monoisotopic (exact) mass is 276 g/mol. The van der Waals surface area contributed by atoms with Gasteiger partial charge >= 0.3 is 5.97 Å². The molecule has 8 heteroatoms. The van der Waals surface area contributed by atoms with Gasteiger partial charge in [0.15, 0.2) is 0 Å². The molecule has 0 atom stereocenters. The highest BCUT2D eigenvalue weighted by Crippen LogP contribution is 2.12. The van der Waals surface area contributed by atoms with Crippen LogP contribution in [0.15, 0.2) is 30.6 Å². The molecule has 0 N–H and O–H groups in total. The molecule has 1 aromatic heterocycles. The van der Waals surface area contributed by atoms with E-state index in [9.17, 15) is 14.9 Å². The maximum absolute atomic E-state index is 11.2. The summed E-state index contributed by atoms with van der Waals surface area (Å²) in [4.78, 5) is 25.1. The summed E-state index contributed by atoms with van der Waals surface area (Å²) in [5.74, 6) is -0.574. The number of carbonyl (C=O) groups is 1. The number of hydrogen-bond acceptors (Lipinski definition) is 6. The summed E-state index contributed by atoms with van der Waals surface area (Å²) in [6, 6.07) is 6.29. The van der Waals surface area contributed by atoms with Gasteiger partial charge in [-0.05, 0) is 12.0 Å². The smallest absolute Gasteiger partial charge is 0.377 e. The summed E-state index contributed by atoms with van der Waals surface area (Å²) >= 11 is 0. The molecule has 0 aliphatic heterocycles. The molecule has 20 heavy (non-hydrogen) atoms. The minimum absolute atomic E-state index is 0.0104. The number of aromatic nitrogens is 3. The average Bonchev–Trinajstić information content (AvgIpc) is 2.93. The SMILES string of the molecule is COC(=O)c1ncn(CCc2ccc([N+](=O)[O-])cc2)n1. The van der Waals surface area contributed by atoms with Gasteiger partial charge in [-0.3, -0.25) is 14.8 Å². The van der Waals surface area contributed by atoms with Crippen LogP contribution >= 0.6 is 0 Å². The van der Waals surface area contributed by atoms with Crippen LogP contribution in [0.2, 0.25) is 0 Å². The van der Waals surface area contributed by atoms with Gasteiger partial charge in [0.1, 0.15) is 6.33 Å². The van der Waals surface area contributed by atoms with E-state index >= 15 is 0 Å². The van der Waals surface area contributed by atoms with Crippen LogP contribution in [0.3, 0.4) is 0 Å². The molecule has 1 aromatic carbocycles. The summed E-state index contributed by atoms with van der Waals surface area (Å²) in [7, 11) is 1.26. The molecule has 2 aromatic rings. The quantitative estimate of drug-likeness (QED) is 0.462. The Hall–Kier alpha value is -2.77. The summed E-state index contributed by atoms with van der Waals surface area (Å²) in [6.45, 7) is 0.516. The lowest BCUT2D eigenvalue weighted by Gasteiger charge is -2.01. The van der Waals surface area contributed by atoms with Crippen molar-refractivity contribution in [3.8, 4) is 0 Å². The zero-order valence-electron chi connectivity index (χ0n) is 10.7. The third kappa shape index (κ3) is 3.16. The van der Waals surface area contributed by atoms with Gasteiger partial charge in [0.2, 0.25) is 0 Å². The highest BCUT2D eigenvalue weighted by molar-refractivity contribution is 5.84. The lowest BCUT2D eigenvalue weighted by atomic mass is 10.1. The Morgan fingerprint density at radius 2 is 2.10 bits per heavy atom. The van der Waals surface area contributed by atoms with Gasteiger partial charge in [0.05, 0.1) is 12.0 Å². The lowest BCUT2D eigenvalue weighted by Crippen LogP contribution is -2.07. The fourth-order valence-corrected chi connectivity index (χ4v) is 1.62. The third-order valence-electron chi connectivity index (χ3n) is 2.68. The molecular formula is C12H12N4O4. The number of carbonyl (C=O) groups excluding carboxylic acids is 1. The molecule has 0 fully saturated rings. The highest BCUT2D eigenvalue weighted by Gasteiger charge is 2.11. The largest absolute Gasteiger partial charge is 0.463 e. The predicted octanol–water partition coefficient (Wildman–Crippen LogP) is 1.22. The van der Waals surface area contributed by atoms with Crippen molar-refractivity contribution in [1.82, 2.24) is 14.8 Å². The van der Waals surface area contributed by atoms with Gasteiger partial charge in [-0.1, -0.05) is 12.1 Å². The molecule has 1 heterocycles. The topological polar surface area (TPSA) is 100 Å². The van der Waals surface area contributed by atoms with Gasteiger partial charge < -0.3 is 4.74 Å². The summed E-state index contributed by atoms with van der Waals surface area (Å²) in [5.41, 5.74) is 0.994. The second kappa shape index (κ2) is 5.91. The van der Waals surface area contributed by atoms with Gasteiger partial charge in [-0.15, -0.1) is 5.10 Å². The van der Waals surface area contributed by atoms with Crippen LogP contribution in [0.25, 0.3) is 0 Å². The molecule has 0 bridgehead atoms. The van der Waals surface area contributed by atoms with Gasteiger partial charge in [0, 0.05) is 18.7 Å². The summed E-state index contributed by atoms with van der Waals surface area (Å²) in [5, 5.41) is 14.5. The van der Waals surface area contributed by atoms with E-state index in [1.165, 1.54) is 30.3 Å². The van der Waals surface area contributed by atoms with E-state index in [0.717, 1.165) is 5.56 Å². The number of nitro groups is 1. The maximum Gasteiger partial charge on any atom is 0.377 e. The Morgan fingerprint density at radius 1 is 1.40 bits per heavy atom. The van der Waals surface area contributed by atoms with Crippen molar-refractivity contribution >= 4 is 11.7 Å². The number of esters is 1. The minimum atomic E-state index is -0.584. The van der Waals surface area contributed by atoms with Crippen LogP contribution in [0.5, 0.6) is 0 Å². The van der Waals surface area contributed by atoms with Crippen LogP contribution in [-0.2, 0) is 17.7 Å². The molecule has 0 aliphatic rings. The second-order valence-electron chi connectivity index (χ2n) is 4.00. The van der Waals surface area contributed by atoms with E-state index < -0.39 is 10.9 Å². The van der Waals surface area contributed by atoms with Gasteiger partial charge in [0.25, 0.3) is 11.5 Å². The highest BCUT2D eigenvalue weighted by atomic mass is 16.6. The first-order valence-corrected chi connectivity index (χ1v) is 5.81. The molecule has 0 radical (unpaired) electrons. The molecule has 104 valence electrons. The van der Waals surface area contributed by atoms with Crippen molar-refractivity contribution < 1.29 is 14.5 Å². The van der Waals surface area contributed by atoms with Crippen LogP contribution in [0, 0.1) is 10.1 Å². The van der Waals surface area contributed by atoms with Crippen LogP contribution in [0.4, 0.5) is 5.69 Å². The Labute approximate surface area is 114 Å². The molecule has 8 nitrogen and oxygen atoms in total. The number of aryl methyl sites for hydroxylation is 2. The van der Waals surface area contributed by atoms with Crippen molar-refractivity contribution in [1.29, 1.82) is 0 Å². The van der Waals surface area contributed by atoms with E-state index in [4.69, 9.17) is 0 Å². The van der Waals surface area contributed by atoms with E-state index in [-0.39, 0.29) is 11.5 Å². The second-order valence-corrected chi connectivity index (χ2v) is 4.00.